The molecule has 0 atom stereocenters. The van der Waals surface area contributed by atoms with E-state index in [-0.39, 0.29) is 0 Å². The van der Waals surface area contributed by atoms with Crippen molar-refractivity contribution < 1.29 is 19.4 Å². The average Bonchev–Trinajstić information content (AvgIpc) is 3.04. The lowest BCUT2D eigenvalue weighted by Gasteiger charge is -2.31. The molecule has 1 aromatic heterocycles. The minimum absolute atomic E-state index is 0.296. The Morgan fingerprint density at radius 1 is 1.33 bits per heavy atom. The van der Waals surface area contributed by atoms with Crippen molar-refractivity contribution in [3.8, 4) is 0 Å². The number of hydrogen-bond donors (Lipinski definition) is 2. The van der Waals surface area contributed by atoms with E-state index in [4.69, 9.17) is 9.47 Å². The summed E-state index contributed by atoms with van der Waals surface area (Å²) in [5, 5.41) is 10.3. The molecule has 1 aliphatic carbocycles. The summed E-state index contributed by atoms with van der Waals surface area (Å²) in [5.74, 6) is -1.45. The third-order valence-corrected chi connectivity index (χ3v) is 5.00. The molecule has 0 radical (unpaired) electrons. The normalized spacial score (nSPS) is 20.0. The number of benzene rings is 1. The summed E-state index contributed by atoms with van der Waals surface area (Å²) in [5.41, 5.74) is 3.17. The summed E-state index contributed by atoms with van der Waals surface area (Å²) in [6.07, 6.45) is 2.26. The average molecular weight is 352 g/mol. The maximum atomic E-state index is 11.4. The van der Waals surface area contributed by atoms with Gasteiger partial charge in [-0.05, 0) is 24.1 Å². The van der Waals surface area contributed by atoms with E-state index in [0.717, 1.165) is 34.0 Å². The quantitative estimate of drug-likeness (QED) is 0.828. The van der Waals surface area contributed by atoms with Crippen LogP contribution in [-0.2, 0) is 22.3 Å². The number of aromatic nitrogens is 1. The topological polar surface area (TPSA) is 71.5 Å². The number of aryl methyl sites for hydroxylation is 1. The van der Waals surface area contributed by atoms with Gasteiger partial charge in [-0.3, -0.25) is 0 Å². The summed E-state index contributed by atoms with van der Waals surface area (Å²) in [7, 11) is 0. The Bertz CT molecular complexity index is 746. The first-order valence-electron chi connectivity index (χ1n) is 6.93. The summed E-state index contributed by atoms with van der Waals surface area (Å²) in [6, 6.07) is 3.41. The maximum absolute atomic E-state index is 11.4. The molecule has 21 heavy (non-hydrogen) atoms. The van der Waals surface area contributed by atoms with E-state index in [9.17, 15) is 9.90 Å². The Morgan fingerprint density at radius 2 is 2.10 bits per heavy atom. The Kier molecular flexibility index (Phi) is 2.89. The van der Waals surface area contributed by atoms with Crippen molar-refractivity contribution in [2.24, 2.45) is 0 Å². The Hall–Kier alpha value is -1.37. The molecule has 0 saturated carbocycles. The SMILES string of the molecule is O=C(O)c1ccc(Br)c2c3c([nH]c12)CCC1(C3)OCCO1. The highest BCUT2D eigenvalue weighted by molar-refractivity contribution is 9.10. The number of aromatic carboxylic acids is 1. The number of nitrogens with one attached hydrogen (secondary N) is 1. The minimum atomic E-state index is -0.922. The van der Waals surface area contributed by atoms with Crippen LogP contribution in [0.4, 0.5) is 0 Å². The first kappa shape index (κ1) is 13.3. The predicted molar refractivity (Wildman–Crippen MR) is 79.6 cm³/mol. The second kappa shape index (κ2) is 4.56. The molecule has 1 spiro atoms. The molecule has 2 N–H and O–H groups in total. The fraction of sp³-hybridized carbons (Fsp3) is 0.400. The predicted octanol–water partition coefficient (Wildman–Crippen LogP) is 2.86. The summed E-state index contributed by atoms with van der Waals surface area (Å²) >= 11 is 3.54. The molecule has 1 saturated heterocycles. The maximum Gasteiger partial charge on any atom is 0.337 e. The Labute approximate surface area is 129 Å². The van der Waals surface area contributed by atoms with Crippen LogP contribution in [0, 0.1) is 0 Å². The van der Waals surface area contributed by atoms with E-state index < -0.39 is 11.8 Å². The van der Waals surface area contributed by atoms with Crippen LogP contribution in [-0.4, -0.2) is 35.1 Å². The van der Waals surface area contributed by atoms with Crippen molar-refractivity contribution >= 4 is 32.8 Å². The lowest BCUT2D eigenvalue weighted by atomic mass is 9.90. The number of hydrogen-bond acceptors (Lipinski definition) is 3. The molecule has 4 rings (SSSR count). The number of carboxylic acid groups (broad SMARTS) is 1. The van der Waals surface area contributed by atoms with Gasteiger partial charge in [0.15, 0.2) is 5.79 Å². The van der Waals surface area contributed by atoms with Crippen molar-refractivity contribution in [2.45, 2.75) is 25.0 Å². The van der Waals surface area contributed by atoms with Gasteiger partial charge < -0.3 is 19.6 Å². The molecule has 2 aliphatic rings. The van der Waals surface area contributed by atoms with Gasteiger partial charge in [0.25, 0.3) is 0 Å². The highest BCUT2D eigenvalue weighted by Crippen LogP contribution is 2.41. The molecule has 1 fully saturated rings. The van der Waals surface area contributed by atoms with Crippen molar-refractivity contribution in [1.29, 1.82) is 0 Å². The second-order valence-corrected chi connectivity index (χ2v) is 6.37. The molecule has 0 amide bonds. The molecule has 1 aromatic carbocycles. The van der Waals surface area contributed by atoms with Crippen LogP contribution in [0.3, 0.4) is 0 Å². The molecule has 0 unspecified atom stereocenters. The van der Waals surface area contributed by atoms with Gasteiger partial charge in [-0.15, -0.1) is 0 Å². The number of rotatable bonds is 1. The van der Waals surface area contributed by atoms with Crippen molar-refractivity contribution in [2.75, 3.05) is 13.2 Å². The van der Waals surface area contributed by atoms with Crippen LogP contribution >= 0.6 is 15.9 Å². The third kappa shape index (κ3) is 1.93. The number of H-pyrrole nitrogens is 1. The lowest BCUT2D eigenvalue weighted by Crippen LogP contribution is -2.36. The van der Waals surface area contributed by atoms with Gasteiger partial charge in [-0.25, -0.2) is 4.79 Å². The first-order chi connectivity index (χ1) is 10.1. The zero-order valence-electron chi connectivity index (χ0n) is 11.2. The zero-order valence-corrected chi connectivity index (χ0v) is 12.8. The Morgan fingerprint density at radius 3 is 2.81 bits per heavy atom. The molecule has 0 bridgehead atoms. The number of carboxylic acids is 1. The van der Waals surface area contributed by atoms with E-state index in [1.165, 1.54) is 0 Å². The Balaban J connectivity index is 1.92. The highest BCUT2D eigenvalue weighted by Gasteiger charge is 2.41. The summed E-state index contributed by atoms with van der Waals surface area (Å²) in [4.78, 5) is 14.7. The van der Waals surface area contributed by atoms with Gasteiger partial charge >= 0.3 is 5.97 Å². The second-order valence-electron chi connectivity index (χ2n) is 5.52. The van der Waals surface area contributed by atoms with E-state index in [2.05, 4.69) is 20.9 Å². The van der Waals surface area contributed by atoms with Gasteiger partial charge in [0.05, 0.1) is 24.3 Å². The summed E-state index contributed by atoms with van der Waals surface area (Å²) in [6.45, 7) is 1.25. The molecule has 110 valence electrons. The molecule has 2 aromatic rings. The molecular formula is C15H14BrNO4. The number of ether oxygens (including phenoxy) is 2. The summed E-state index contributed by atoms with van der Waals surface area (Å²) < 4.78 is 12.5. The van der Waals surface area contributed by atoms with Gasteiger partial charge in [-0.1, -0.05) is 15.9 Å². The van der Waals surface area contributed by atoms with Crippen molar-refractivity contribution in [3.05, 3.63) is 33.4 Å². The van der Waals surface area contributed by atoms with Crippen LogP contribution in [0.2, 0.25) is 0 Å². The minimum Gasteiger partial charge on any atom is -0.478 e. The fourth-order valence-corrected chi connectivity index (χ4v) is 3.95. The van der Waals surface area contributed by atoms with Crippen LogP contribution in [0.25, 0.3) is 10.9 Å². The number of carbonyl (C=O) groups is 1. The van der Waals surface area contributed by atoms with Crippen LogP contribution in [0.5, 0.6) is 0 Å². The van der Waals surface area contributed by atoms with Crippen LogP contribution in [0.1, 0.15) is 28.0 Å². The van der Waals surface area contributed by atoms with Gasteiger partial charge in [0, 0.05) is 28.4 Å². The number of halogens is 1. The molecule has 1 aliphatic heterocycles. The first-order valence-corrected chi connectivity index (χ1v) is 7.72. The standard InChI is InChI=1S/C15H14BrNO4/c16-10-2-1-8(14(18)19)13-12(10)9-7-15(20-5-6-21-15)4-3-11(9)17-13/h1-2,17H,3-7H2,(H,18,19). The largest absolute Gasteiger partial charge is 0.478 e. The van der Waals surface area contributed by atoms with E-state index in [1.54, 1.807) is 12.1 Å². The van der Waals surface area contributed by atoms with E-state index in [1.807, 2.05) is 0 Å². The lowest BCUT2D eigenvalue weighted by molar-refractivity contribution is -0.163. The van der Waals surface area contributed by atoms with Gasteiger partial charge in [0.1, 0.15) is 0 Å². The van der Waals surface area contributed by atoms with Crippen LogP contribution < -0.4 is 0 Å². The van der Waals surface area contributed by atoms with E-state index in [0.29, 0.717) is 30.7 Å². The van der Waals surface area contributed by atoms with Crippen LogP contribution in [0.15, 0.2) is 16.6 Å². The fourth-order valence-electron chi connectivity index (χ4n) is 3.38. The smallest absolute Gasteiger partial charge is 0.337 e. The molecule has 2 heterocycles. The number of aromatic amines is 1. The molecular weight excluding hydrogens is 338 g/mol. The highest BCUT2D eigenvalue weighted by atomic mass is 79.9. The zero-order chi connectivity index (χ0) is 14.6. The van der Waals surface area contributed by atoms with Crippen molar-refractivity contribution in [1.82, 2.24) is 4.98 Å². The monoisotopic (exact) mass is 351 g/mol. The van der Waals surface area contributed by atoms with Gasteiger partial charge in [-0.2, -0.15) is 0 Å². The molecule has 5 nitrogen and oxygen atoms in total. The van der Waals surface area contributed by atoms with Crippen molar-refractivity contribution in [3.63, 3.8) is 0 Å². The van der Waals surface area contributed by atoms with E-state index >= 15 is 0 Å². The molecule has 6 heteroatoms. The van der Waals surface area contributed by atoms with Gasteiger partial charge in [0.2, 0.25) is 0 Å². The third-order valence-electron chi connectivity index (χ3n) is 4.34. The number of fused-ring (bicyclic) bond motifs is 3.